The average Bonchev–Trinajstić information content (AvgIpc) is 2.29. The number of nitrogens with one attached hydrogen (secondary N) is 1. The summed E-state index contributed by atoms with van der Waals surface area (Å²) in [5, 5.41) is 12.7. The Morgan fingerprint density at radius 2 is 2.35 bits per heavy atom. The van der Waals surface area contributed by atoms with Crippen LogP contribution in [0.15, 0.2) is 28.7 Å². The van der Waals surface area contributed by atoms with Gasteiger partial charge in [-0.2, -0.15) is 0 Å². The van der Waals surface area contributed by atoms with Crippen LogP contribution in [0.25, 0.3) is 0 Å². The maximum Gasteiger partial charge on any atom is 0.319 e. The standard InChI is InChI=1S/C12H16BrNO3/c1-2-17-12(16)8-14-7-11(15)9-4-3-5-10(13)6-9/h3-6,11,14-15H,2,7-8H2,1H3. The van der Waals surface area contributed by atoms with Gasteiger partial charge in [0.05, 0.1) is 19.3 Å². The molecule has 17 heavy (non-hydrogen) atoms. The summed E-state index contributed by atoms with van der Waals surface area (Å²) in [5.41, 5.74) is 0.802. The molecule has 0 aromatic heterocycles. The minimum Gasteiger partial charge on any atom is -0.465 e. The number of carbonyl (C=O) groups is 1. The molecule has 0 aliphatic carbocycles. The molecule has 0 amide bonds. The first-order valence-corrected chi connectivity index (χ1v) is 6.22. The van der Waals surface area contributed by atoms with E-state index in [2.05, 4.69) is 21.2 Å². The van der Waals surface area contributed by atoms with Gasteiger partial charge in [-0.25, -0.2) is 0 Å². The van der Waals surface area contributed by atoms with Crippen molar-refractivity contribution in [2.24, 2.45) is 0 Å². The zero-order valence-electron chi connectivity index (χ0n) is 9.65. The van der Waals surface area contributed by atoms with Gasteiger partial charge in [-0.1, -0.05) is 28.1 Å². The van der Waals surface area contributed by atoms with Crippen molar-refractivity contribution in [1.82, 2.24) is 5.32 Å². The predicted molar refractivity (Wildman–Crippen MR) is 68.6 cm³/mol. The fourth-order valence-electron chi connectivity index (χ4n) is 1.35. The third-order valence-electron chi connectivity index (χ3n) is 2.15. The molecule has 0 heterocycles. The molecular weight excluding hydrogens is 286 g/mol. The Hall–Kier alpha value is -0.910. The van der Waals surface area contributed by atoms with E-state index in [-0.39, 0.29) is 12.5 Å². The second-order valence-electron chi connectivity index (χ2n) is 3.51. The zero-order valence-corrected chi connectivity index (χ0v) is 11.2. The van der Waals surface area contributed by atoms with E-state index in [1.54, 1.807) is 6.92 Å². The Kier molecular flexibility index (Phi) is 6.18. The quantitative estimate of drug-likeness (QED) is 0.784. The smallest absolute Gasteiger partial charge is 0.319 e. The number of hydrogen-bond acceptors (Lipinski definition) is 4. The van der Waals surface area contributed by atoms with Gasteiger partial charge in [0, 0.05) is 11.0 Å². The van der Waals surface area contributed by atoms with Crippen molar-refractivity contribution in [3.05, 3.63) is 34.3 Å². The second kappa shape index (κ2) is 7.42. The highest BCUT2D eigenvalue weighted by molar-refractivity contribution is 9.10. The Bertz CT molecular complexity index is 371. The summed E-state index contributed by atoms with van der Waals surface area (Å²) < 4.78 is 5.67. The first-order chi connectivity index (χ1) is 8.13. The maximum absolute atomic E-state index is 11.0. The molecule has 0 bridgehead atoms. The van der Waals surface area contributed by atoms with Crippen molar-refractivity contribution in [2.45, 2.75) is 13.0 Å². The molecule has 0 fully saturated rings. The van der Waals surface area contributed by atoms with Gasteiger partial charge in [0.15, 0.2) is 0 Å². The van der Waals surface area contributed by atoms with Crippen LogP contribution in [-0.4, -0.2) is 30.8 Å². The van der Waals surface area contributed by atoms with Crippen LogP contribution in [-0.2, 0) is 9.53 Å². The van der Waals surface area contributed by atoms with Crippen LogP contribution in [0.1, 0.15) is 18.6 Å². The van der Waals surface area contributed by atoms with Crippen LogP contribution in [0.4, 0.5) is 0 Å². The second-order valence-corrected chi connectivity index (χ2v) is 4.42. The number of hydrogen-bond donors (Lipinski definition) is 2. The highest BCUT2D eigenvalue weighted by atomic mass is 79.9. The van der Waals surface area contributed by atoms with E-state index in [0.717, 1.165) is 10.0 Å². The molecule has 1 aromatic rings. The van der Waals surface area contributed by atoms with E-state index in [4.69, 9.17) is 4.74 Å². The SMILES string of the molecule is CCOC(=O)CNCC(O)c1cccc(Br)c1. The van der Waals surface area contributed by atoms with Gasteiger partial charge in [-0.3, -0.25) is 4.79 Å². The molecule has 0 radical (unpaired) electrons. The number of ether oxygens (including phenoxy) is 1. The Balaban J connectivity index is 2.35. The molecule has 0 saturated carbocycles. The normalized spacial score (nSPS) is 12.2. The molecule has 0 saturated heterocycles. The van der Waals surface area contributed by atoms with Gasteiger partial charge in [0.2, 0.25) is 0 Å². The van der Waals surface area contributed by atoms with Crippen molar-refractivity contribution >= 4 is 21.9 Å². The van der Waals surface area contributed by atoms with Gasteiger partial charge >= 0.3 is 5.97 Å². The molecular formula is C12H16BrNO3. The summed E-state index contributed by atoms with van der Waals surface area (Å²) in [6.45, 7) is 2.55. The van der Waals surface area contributed by atoms with Gasteiger partial charge in [-0.05, 0) is 24.6 Å². The highest BCUT2D eigenvalue weighted by Gasteiger charge is 2.08. The first kappa shape index (κ1) is 14.2. The lowest BCUT2D eigenvalue weighted by atomic mass is 10.1. The summed E-state index contributed by atoms with van der Waals surface area (Å²) in [7, 11) is 0. The number of halogens is 1. The summed E-state index contributed by atoms with van der Waals surface area (Å²) >= 11 is 3.34. The molecule has 1 unspecified atom stereocenters. The summed E-state index contributed by atoms with van der Waals surface area (Å²) in [6, 6.07) is 7.43. The number of rotatable bonds is 6. The molecule has 1 atom stereocenters. The number of aliphatic hydroxyl groups is 1. The lowest BCUT2D eigenvalue weighted by Gasteiger charge is -2.12. The van der Waals surface area contributed by atoms with Crippen molar-refractivity contribution in [2.75, 3.05) is 19.7 Å². The fraction of sp³-hybridized carbons (Fsp3) is 0.417. The van der Waals surface area contributed by atoms with E-state index >= 15 is 0 Å². The highest BCUT2D eigenvalue weighted by Crippen LogP contribution is 2.17. The largest absolute Gasteiger partial charge is 0.465 e. The molecule has 1 aromatic carbocycles. The molecule has 5 heteroatoms. The number of aliphatic hydroxyl groups excluding tert-OH is 1. The lowest BCUT2D eigenvalue weighted by Crippen LogP contribution is -2.28. The molecule has 94 valence electrons. The third kappa shape index (κ3) is 5.30. The monoisotopic (exact) mass is 301 g/mol. The van der Waals surface area contributed by atoms with E-state index in [9.17, 15) is 9.90 Å². The van der Waals surface area contributed by atoms with Gasteiger partial charge in [0.25, 0.3) is 0 Å². The molecule has 2 N–H and O–H groups in total. The number of carbonyl (C=O) groups excluding carboxylic acids is 1. The average molecular weight is 302 g/mol. The van der Waals surface area contributed by atoms with E-state index in [1.807, 2.05) is 24.3 Å². The van der Waals surface area contributed by atoms with Crippen molar-refractivity contribution in [1.29, 1.82) is 0 Å². The van der Waals surface area contributed by atoms with Crippen molar-refractivity contribution < 1.29 is 14.6 Å². The van der Waals surface area contributed by atoms with Crippen LogP contribution in [0, 0.1) is 0 Å². The minimum atomic E-state index is -0.637. The van der Waals surface area contributed by atoms with Crippen LogP contribution >= 0.6 is 15.9 Å². The topological polar surface area (TPSA) is 58.6 Å². The summed E-state index contributed by atoms with van der Waals surface area (Å²) in [5.74, 6) is -0.311. The fourth-order valence-corrected chi connectivity index (χ4v) is 1.77. The number of esters is 1. The summed E-state index contributed by atoms with van der Waals surface area (Å²) in [4.78, 5) is 11.0. The molecule has 0 aliphatic heterocycles. The van der Waals surface area contributed by atoms with Gasteiger partial charge in [-0.15, -0.1) is 0 Å². The zero-order chi connectivity index (χ0) is 12.7. The first-order valence-electron chi connectivity index (χ1n) is 5.43. The lowest BCUT2D eigenvalue weighted by molar-refractivity contribution is -0.142. The Morgan fingerprint density at radius 1 is 1.59 bits per heavy atom. The molecule has 4 nitrogen and oxygen atoms in total. The minimum absolute atomic E-state index is 0.110. The third-order valence-corrected chi connectivity index (χ3v) is 2.64. The maximum atomic E-state index is 11.0. The Morgan fingerprint density at radius 3 is 3.00 bits per heavy atom. The van der Waals surface area contributed by atoms with E-state index in [0.29, 0.717) is 13.2 Å². The predicted octanol–water partition coefficient (Wildman–Crippen LogP) is 1.64. The van der Waals surface area contributed by atoms with Gasteiger partial charge in [0.1, 0.15) is 0 Å². The summed E-state index contributed by atoms with van der Waals surface area (Å²) in [6.07, 6.45) is -0.637. The van der Waals surface area contributed by atoms with E-state index in [1.165, 1.54) is 0 Å². The van der Waals surface area contributed by atoms with Crippen LogP contribution in [0.2, 0.25) is 0 Å². The van der Waals surface area contributed by atoms with Crippen molar-refractivity contribution in [3.8, 4) is 0 Å². The molecule has 0 aliphatic rings. The van der Waals surface area contributed by atoms with Crippen LogP contribution < -0.4 is 5.32 Å². The number of benzene rings is 1. The van der Waals surface area contributed by atoms with Crippen molar-refractivity contribution in [3.63, 3.8) is 0 Å². The Labute approximate surface area is 109 Å². The van der Waals surface area contributed by atoms with Crippen LogP contribution in [0.5, 0.6) is 0 Å². The van der Waals surface area contributed by atoms with Gasteiger partial charge < -0.3 is 15.2 Å². The van der Waals surface area contributed by atoms with Crippen LogP contribution in [0.3, 0.4) is 0 Å². The molecule has 0 spiro atoms. The van der Waals surface area contributed by atoms with E-state index < -0.39 is 6.10 Å². The molecule has 1 rings (SSSR count).